The Kier molecular flexibility index (Phi) is 6.41. The van der Waals surface area contributed by atoms with Crippen LogP contribution in [0.5, 0.6) is 5.75 Å². The van der Waals surface area contributed by atoms with Crippen LogP contribution in [-0.2, 0) is 14.4 Å². The van der Waals surface area contributed by atoms with E-state index in [1.807, 2.05) is 0 Å². The van der Waals surface area contributed by atoms with E-state index in [-0.39, 0.29) is 41.0 Å². The largest absolute Gasteiger partial charge is 1.00 e. The van der Waals surface area contributed by atoms with Crippen LogP contribution in [0.25, 0.3) is 0 Å². The molecule has 8 nitrogen and oxygen atoms in total. The monoisotopic (exact) mass is 385 g/mol. The summed E-state index contributed by atoms with van der Waals surface area (Å²) in [7, 11) is 0. The number of hydrogen-bond donors (Lipinski definition) is 3. The van der Waals surface area contributed by atoms with E-state index in [9.17, 15) is 24.6 Å². The van der Waals surface area contributed by atoms with Gasteiger partial charge in [-0.1, -0.05) is 12.1 Å². The summed E-state index contributed by atoms with van der Waals surface area (Å²) in [5, 5.41) is 22.6. The van der Waals surface area contributed by atoms with E-state index in [2.05, 4.69) is 5.32 Å². The summed E-state index contributed by atoms with van der Waals surface area (Å²) in [6.45, 7) is 1.63. The standard InChI is InChI=1S/C16H17N3O5S.Na/c1-7-6-25-15-11(14(22)19(15)12(7)16(23)24)18-13(21)10(17)8-2-4-9(20)5-3-8;/h2-5,10-11,15,20H,6,17H2,1H3,(H,18,21)(H,23,24);/q;+1/p-1/t10?,11-,15-;/m0./s1. The van der Waals surface area contributed by atoms with Gasteiger partial charge in [0.15, 0.2) is 0 Å². The molecular formula is C16H16N3NaO5S. The summed E-state index contributed by atoms with van der Waals surface area (Å²) in [6.07, 6.45) is 0. The molecule has 1 unspecified atom stereocenters. The van der Waals surface area contributed by atoms with Gasteiger partial charge in [-0.15, -0.1) is 11.8 Å². The van der Waals surface area contributed by atoms with Gasteiger partial charge < -0.3 is 26.1 Å². The number of rotatable bonds is 4. The van der Waals surface area contributed by atoms with Gasteiger partial charge in [0.05, 0.1) is 11.7 Å². The molecule has 2 heterocycles. The number of nitrogens with one attached hydrogen (secondary N) is 1. The first-order valence-electron chi connectivity index (χ1n) is 7.52. The molecule has 0 radical (unpaired) electrons. The second-order valence-corrected chi connectivity index (χ2v) is 6.99. The molecule has 2 amide bonds. The molecule has 3 rings (SSSR count). The quantitative estimate of drug-likeness (QED) is 0.353. The average Bonchev–Trinajstić information content (AvgIpc) is 2.58. The Bertz CT molecular complexity index is 783. The van der Waals surface area contributed by atoms with E-state index < -0.39 is 35.2 Å². The van der Waals surface area contributed by atoms with Gasteiger partial charge in [0.1, 0.15) is 23.2 Å². The zero-order valence-corrected chi connectivity index (χ0v) is 17.1. The maximum absolute atomic E-state index is 12.3. The number of benzene rings is 1. The second-order valence-electron chi connectivity index (χ2n) is 5.88. The van der Waals surface area contributed by atoms with Gasteiger partial charge in [-0.3, -0.25) is 14.5 Å². The Balaban J connectivity index is 0.00000243. The maximum Gasteiger partial charge on any atom is 1.00 e. The third-order valence-corrected chi connectivity index (χ3v) is 5.61. The van der Waals surface area contributed by atoms with Crippen LogP contribution >= 0.6 is 11.8 Å². The molecule has 1 aromatic rings. The van der Waals surface area contributed by atoms with Crippen molar-refractivity contribution in [2.45, 2.75) is 24.4 Å². The summed E-state index contributed by atoms with van der Waals surface area (Å²) in [5.41, 5.74) is 6.81. The fourth-order valence-electron chi connectivity index (χ4n) is 2.84. The van der Waals surface area contributed by atoms with Crippen molar-refractivity contribution in [3.63, 3.8) is 0 Å². The molecule has 0 aromatic heterocycles. The molecule has 26 heavy (non-hydrogen) atoms. The number of carboxylic acids is 1. The Morgan fingerprint density at radius 3 is 2.58 bits per heavy atom. The number of nitrogens with two attached hydrogens (primary N) is 1. The van der Waals surface area contributed by atoms with E-state index in [1.165, 1.54) is 36.0 Å². The van der Waals surface area contributed by atoms with Crippen molar-refractivity contribution >= 4 is 29.5 Å². The van der Waals surface area contributed by atoms with Crippen LogP contribution in [0.2, 0.25) is 0 Å². The predicted molar refractivity (Wildman–Crippen MR) is 87.8 cm³/mol. The number of thioether (sulfide) groups is 1. The minimum Gasteiger partial charge on any atom is -0.543 e. The average molecular weight is 385 g/mol. The minimum atomic E-state index is -1.40. The van der Waals surface area contributed by atoms with Gasteiger partial charge in [-0.05, 0) is 30.2 Å². The molecule has 0 spiro atoms. The molecule has 1 fully saturated rings. The summed E-state index contributed by atoms with van der Waals surface area (Å²) in [6, 6.07) is 4.02. The topological polar surface area (TPSA) is 136 Å². The fourth-order valence-corrected chi connectivity index (χ4v) is 4.13. The van der Waals surface area contributed by atoms with Gasteiger partial charge in [0.2, 0.25) is 5.91 Å². The van der Waals surface area contributed by atoms with Crippen LogP contribution < -0.4 is 45.7 Å². The van der Waals surface area contributed by atoms with Crippen LogP contribution in [-0.4, -0.2) is 45.0 Å². The zero-order chi connectivity index (χ0) is 18.3. The number of β-lactam (4-membered cyclic amide) rings is 1. The van der Waals surface area contributed by atoms with E-state index in [0.717, 1.165) is 4.90 Å². The van der Waals surface area contributed by atoms with Crippen molar-refractivity contribution in [1.29, 1.82) is 0 Å². The van der Waals surface area contributed by atoms with Gasteiger partial charge in [0.25, 0.3) is 5.91 Å². The van der Waals surface area contributed by atoms with Crippen LogP contribution in [0.15, 0.2) is 35.5 Å². The first-order valence-corrected chi connectivity index (χ1v) is 8.56. The SMILES string of the molecule is CC1=C(C(=O)[O-])N2C(=O)[C@H](NC(=O)C(N)c3ccc(O)cc3)[C@@H]2SC1.[Na+]. The molecule has 0 bridgehead atoms. The normalized spacial score (nSPS) is 22.7. The Hall–Kier alpha value is -1.52. The Labute approximate surface area is 176 Å². The van der Waals surface area contributed by atoms with E-state index in [0.29, 0.717) is 16.9 Å². The van der Waals surface area contributed by atoms with E-state index in [4.69, 9.17) is 5.73 Å². The maximum atomic E-state index is 12.3. The Morgan fingerprint density at radius 1 is 1.38 bits per heavy atom. The molecule has 0 aliphatic carbocycles. The number of nitrogens with zero attached hydrogens (tertiary/aromatic N) is 1. The number of hydrogen-bond acceptors (Lipinski definition) is 7. The number of phenols is 1. The smallest absolute Gasteiger partial charge is 0.543 e. The van der Waals surface area contributed by atoms with Crippen molar-refractivity contribution in [2.75, 3.05) is 5.75 Å². The molecule has 2 aliphatic heterocycles. The first kappa shape index (κ1) is 20.8. The first-order chi connectivity index (χ1) is 11.8. The number of phenolic OH excluding ortho intramolecular Hbond substituents is 1. The molecule has 3 atom stereocenters. The van der Waals surface area contributed by atoms with Crippen LogP contribution in [0.3, 0.4) is 0 Å². The number of carbonyl (C=O) groups is 3. The molecule has 1 aromatic carbocycles. The number of fused-ring (bicyclic) bond motifs is 1. The van der Waals surface area contributed by atoms with Gasteiger partial charge in [0, 0.05) is 5.75 Å². The van der Waals surface area contributed by atoms with Gasteiger partial charge in [-0.25, -0.2) is 0 Å². The minimum absolute atomic E-state index is 0. The van der Waals surface area contributed by atoms with Crippen molar-refractivity contribution in [1.82, 2.24) is 10.2 Å². The summed E-state index contributed by atoms with van der Waals surface area (Å²) in [5.74, 6) is -1.96. The van der Waals surface area contributed by atoms with Crippen molar-refractivity contribution in [3.05, 3.63) is 41.1 Å². The number of carbonyl (C=O) groups excluding carboxylic acids is 3. The second kappa shape index (κ2) is 8.01. The van der Waals surface area contributed by atoms with Crippen molar-refractivity contribution in [3.8, 4) is 5.75 Å². The molecule has 4 N–H and O–H groups in total. The number of aliphatic carboxylic acids is 1. The third-order valence-electron chi connectivity index (χ3n) is 4.18. The predicted octanol–water partition coefficient (Wildman–Crippen LogP) is -4.18. The molecule has 132 valence electrons. The van der Waals surface area contributed by atoms with Gasteiger partial charge in [-0.2, -0.15) is 0 Å². The molecule has 10 heteroatoms. The van der Waals surface area contributed by atoms with E-state index in [1.54, 1.807) is 6.92 Å². The fraction of sp³-hybridized carbons (Fsp3) is 0.312. The number of aromatic hydroxyl groups is 1. The third kappa shape index (κ3) is 3.63. The van der Waals surface area contributed by atoms with Crippen molar-refractivity contribution in [2.24, 2.45) is 5.73 Å². The number of carboxylic acid groups (broad SMARTS) is 1. The summed E-state index contributed by atoms with van der Waals surface area (Å²) < 4.78 is 0. The summed E-state index contributed by atoms with van der Waals surface area (Å²) >= 11 is 1.37. The Morgan fingerprint density at radius 2 is 2.00 bits per heavy atom. The number of amides is 2. The zero-order valence-electron chi connectivity index (χ0n) is 14.3. The molecular weight excluding hydrogens is 369 g/mol. The van der Waals surface area contributed by atoms with Crippen LogP contribution in [0, 0.1) is 0 Å². The molecule has 0 saturated carbocycles. The molecule has 2 aliphatic rings. The summed E-state index contributed by atoms with van der Waals surface area (Å²) in [4.78, 5) is 37.0. The van der Waals surface area contributed by atoms with E-state index >= 15 is 0 Å². The van der Waals surface area contributed by atoms with Crippen molar-refractivity contribution < 1.29 is 54.2 Å². The van der Waals surface area contributed by atoms with Crippen LogP contribution in [0.4, 0.5) is 0 Å². The molecule has 1 saturated heterocycles. The van der Waals surface area contributed by atoms with Crippen LogP contribution in [0.1, 0.15) is 18.5 Å². The van der Waals surface area contributed by atoms with Gasteiger partial charge >= 0.3 is 29.6 Å².